The van der Waals surface area contributed by atoms with Gasteiger partial charge in [-0.05, 0) is 18.1 Å². The summed E-state index contributed by atoms with van der Waals surface area (Å²) in [4.78, 5) is 21.2. The zero-order valence-electron chi connectivity index (χ0n) is 9.17. The molecule has 0 aromatic heterocycles. The highest BCUT2D eigenvalue weighted by Gasteiger charge is 2.09. The molecule has 0 amide bonds. The van der Waals surface area contributed by atoms with Crippen LogP contribution in [-0.4, -0.2) is 10.9 Å². The molecule has 16 heavy (non-hydrogen) atoms. The van der Waals surface area contributed by atoms with Gasteiger partial charge in [-0.15, -0.1) is 0 Å². The third kappa shape index (κ3) is 3.68. The van der Waals surface area contributed by atoms with Crippen LogP contribution >= 0.6 is 0 Å². The standard InChI is InChI=1S/C11H13NO4/c1-8(2)7-11(13)16-10-5-3-9(4-6-10)12(14)15/h3-6,8H,7H2,1-2H3. The van der Waals surface area contributed by atoms with Crippen molar-refractivity contribution in [3.8, 4) is 5.75 Å². The maximum Gasteiger partial charge on any atom is 0.311 e. The Morgan fingerprint density at radius 3 is 2.38 bits per heavy atom. The first-order valence-corrected chi connectivity index (χ1v) is 4.94. The number of hydrogen-bond acceptors (Lipinski definition) is 4. The van der Waals surface area contributed by atoms with Gasteiger partial charge in [-0.2, -0.15) is 0 Å². The average molecular weight is 223 g/mol. The molecular weight excluding hydrogens is 210 g/mol. The van der Waals surface area contributed by atoms with E-state index in [4.69, 9.17) is 4.74 Å². The largest absolute Gasteiger partial charge is 0.427 e. The number of nitro benzene ring substituents is 1. The number of carbonyl (C=O) groups is 1. The van der Waals surface area contributed by atoms with Gasteiger partial charge in [0.25, 0.3) is 5.69 Å². The zero-order valence-corrected chi connectivity index (χ0v) is 9.17. The highest BCUT2D eigenvalue weighted by molar-refractivity contribution is 5.72. The number of ether oxygens (including phenoxy) is 1. The molecule has 0 radical (unpaired) electrons. The van der Waals surface area contributed by atoms with E-state index in [1.165, 1.54) is 24.3 Å². The molecule has 1 aromatic carbocycles. The van der Waals surface area contributed by atoms with Gasteiger partial charge in [0.05, 0.1) is 4.92 Å². The second-order valence-electron chi connectivity index (χ2n) is 3.82. The third-order valence-electron chi connectivity index (χ3n) is 1.85. The zero-order chi connectivity index (χ0) is 12.1. The van der Waals surface area contributed by atoms with Crippen molar-refractivity contribution in [3.63, 3.8) is 0 Å². The lowest BCUT2D eigenvalue weighted by Gasteiger charge is -2.05. The molecule has 0 aliphatic rings. The highest BCUT2D eigenvalue weighted by Crippen LogP contribution is 2.18. The third-order valence-corrected chi connectivity index (χ3v) is 1.85. The van der Waals surface area contributed by atoms with Crippen molar-refractivity contribution in [2.75, 3.05) is 0 Å². The molecule has 0 unspecified atom stereocenters. The van der Waals surface area contributed by atoms with E-state index in [-0.39, 0.29) is 17.6 Å². The molecule has 0 atom stereocenters. The summed E-state index contributed by atoms with van der Waals surface area (Å²) >= 11 is 0. The number of nitrogens with zero attached hydrogens (tertiary/aromatic N) is 1. The van der Waals surface area contributed by atoms with Crippen LogP contribution in [0.1, 0.15) is 20.3 Å². The number of esters is 1. The first-order chi connectivity index (χ1) is 7.49. The molecule has 0 saturated carbocycles. The molecule has 0 fully saturated rings. The molecular formula is C11H13NO4. The molecule has 0 N–H and O–H groups in total. The van der Waals surface area contributed by atoms with Gasteiger partial charge in [-0.25, -0.2) is 0 Å². The van der Waals surface area contributed by atoms with E-state index in [2.05, 4.69) is 0 Å². The van der Waals surface area contributed by atoms with Crippen molar-refractivity contribution in [2.24, 2.45) is 5.92 Å². The molecule has 86 valence electrons. The van der Waals surface area contributed by atoms with Crippen LogP contribution in [-0.2, 0) is 4.79 Å². The van der Waals surface area contributed by atoms with Gasteiger partial charge >= 0.3 is 5.97 Å². The summed E-state index contributed by atoms with van der Waals surface area (Å²) < 4.78 is 5.00. The van der Waals surface area contributed by atoms with Crippen LogP contribution in [0.2, 0.25) is 0 Å². The molecule has 5 nitrogen and oxygen atoms in total. The van der Waals surface area contributed by atoms with E-state index in [9.17, 15) is 14.9 Å². The van der Waals surface area contributed by atoms with E-state index >= 15 is 0 Å². The fraction of sp³-hybridized carbons (Fsp3) is 0.364. The fourth-order valence-corrected chi connectivity index (χ4v) is 1.14. The van der Waals surface area contributed by atoms with Gasteiger partial charge in [-0.1, -0.05) is 13.8 Å². The lowest BCUT2D eigenvalue weighted by molar-refractivity contribution is -0.384. The maximum atomic E-state index is 11.3. The Hall–Kier alpha value is -1.91. The van der Waals surface area contributed by atoms with E-state index < -0.39 is 4.92 Å². The second-order valence-corrected chi connectivity index (χ2v) is 3.82. The Morgan fingerprint density at radius 2 is 1.94 bits per heavy atom. The van der Waals surface area contributed by atoms with E-state index in [0.29, 0.717) is 12.2 Å². The topological polar surface area (TPSA) is 69.4 Å². The molecule has 0 saturated heterocycles. The van der Waals surface area contributed by atoms with Crippen LogP contribution in [0.25, 0.3) is 0 Å². The van der Waals surface area contributed by atoms with Crippen LogP contribution in [0.4, 0.5) is 5.69 Å². The van der Waals surface area contributed by atoms with E-state index in [1.807, 2.05) is 13.8 Å². The van der Waals surface area contributed by atoms with Crippen molar-refractivity contribution in [2.45, 2.75) is 20.3 Å². The van der Waals surface area contributed by atoms with Gasteiger partial charge in [-0.3, -0.25) is 14.9 Å². The van der Waals surface area contributed by atoms with Gasteiger partial charge in [0, 0.05) is 18.6 Å². The summed E-state index contributed by atoms with van der Waals surface area (Å²) in [7, 11) is 0. The molecule has 1 aromatic rings. The Labute approximate surface area is 93.2 Å². The molecule has 0 heterocycles. The summed E-state index contributed by atoms with van der Waals surface area (Å²) in [6.45, 7) is 3.83. The fourth-order valence-electron chi connectivity index (χ4n) is 1.14. The SMILES string of the molecule is CC(C)CC(=O)Oc1ccc([N+](=O)[O-])cc1. The average Bonchev–Trinajstić information content (AvgIpc) is 2.16. The van der Waals surface area contributed by atoms with Crippen molar-refractivity contribution in [3.05, 3.63) is 34.4 Å². The highest BCUT2D eigenvalue weighted by atomic mass is 16.6. The Balaban J connectivity index is 2.62. The monoisotopic (exact) mass is 223 g/mol. The minimum absolute atomic E-state index is 0.0244. The summed E-state index contributed by atoms with van der Waals surface area (Å²) in [5.74, 6) is 0.227. The molecule has 0 bridgehead atoms. The summed E-state index contributed by atoms with van der Waals surface area (Å²) in [6, 6.07) is 5.43. The number of nitro groups is 1. The Kier molecular flexibility index (Phi) is 3.99. The van der Waals surface area contributed by atoms with Gasteiger partial charge in [0.2, 0.25) is 0 Å². The Morgan fingerprint density at radius 1 is 1.38 bits per heavy atom. The maximum absolute atomic E-state index is 11.3. The van der Waals surface area contributed by atoms with Crippen LogP contribution in [0.3, 0.4) is 0 Å². The number of non-ortho nitro benzene ring substituents is 1. The van der Waals surface area contributed by atoms with Crippen molar-refractivity contribution in [1.82, 2.24) is 0 Å². The number of rotatable bonds is 4. The number of benzene rings is 1. The molecule has 0 aliphatic heterocycles. The van der Waals surface area contributed by atoms with Gasteiger partial charge < -0.3 is 4.74 Å². The first kappa shape index (κ1) is 12.2. The number of hydrogen-bond donors (Lipinski definition) is 0. The van der Waals surface area contributed by atoms with Crippen LogP contribution in [0.5, 0.6) is 5.75 Å². The molecule has 1 rings (SSSR count). The summed E-state index contributed by atoms with van der Waals surface area (Å²) in [5, 5.41) is 10.4. The van der Waals surface area contributed by atoms with Crippen LogP contribution in [0, 0.1) is 16.0 Å². The van der Waals surface area contributed by atoms with Crippen molar-refractivity contribution >= 4 is 11.7 Å². The Bertz CT molecular complexity index is 383. The lowest BCUT2D eigenvalue weighted by atomic mass is 10.1. The van der Waals surface area contributed by atoms with E-state index in [1.54, 1.807) is 0 Å². The van der Waals surface area contributed by atoms with Gasteiger partial charge in [0.1, 0.15) is 5.75 Å². The molecule has 0 spiro atoms. The van der Waals surface area contributed by atoms with E-state index in [0.717, 1.165) is 0 Å². The summed E-state index contributed by atoms with van der Waals surface area (Å²) in [5.41, 5.74) is -0.0244. The minimum atomic E-state index is -0.500. The number of carbonyl (C=O) groups excluding carboxylic acids is 1. The molecule has 0 aliphatic carbocycles. The first-order valence-electron chi connectivity index (χ1n) is 4.94. The normalized spacial score (nSPS) is 10.2. The second kappa shape index (κ2) is 5.25. The van der Waals surface area contributed by atoms with Gasteiger partial charge in [0.15, 0.2) is 0 Å². The quantitative estimate of drug-likeness (QED) is 0.340. The smallest absolute Gasteiger partial charge is 0.311 e. The lowest BCUT2D eigenvalue weighted by Crippen LogP contribution is -2.10. The molecule has 5 heteroatoms. The van der Waals surface area contributed by atoms with Crippen molar-refractivity contribution in [1.29, 1.82) is 0 Å². The van der Waals surface area contributed by atoms with Crippen molar-refractivity contribution < 1.29 is 14.5 Å². The summed E-state index contributed by atoms with van der Waals surface area (Å²) in [6.07, 6.45) is 0.330. The van der Waals surface area contributed by atoms with Crippen LogP contribution in [0.15, 0.2) is 24.3 Å². The van der Waals surface area contributed by atoms with Crippen LogP contribution < -0.4 is 4.74 Å². The predicted octanol–water partition coefficient (Wildman–Crippen LogP) is 2.55. The minimum Gasteiger partial charge on any atom is -0.427 e. The predicted molar refractivity (Wildman–Crippen MR) is 58.2 cm³/mol.